The fourth-order valence-corrected chi connectivity index (χ4v) is 5.24. The SMILES string of the molecule is COc1ccc([C@H]2Nc3nonc3NC3=C2C(=O)C[C@H](c2cccs2)C3)c(OC)c1OC. The maximum Gasteiger partial charge on any atom is 0.219 e. The predicted molar refractivity (Wildman–Crippen MR) is 119 cm³/mol. The molecule has 2 atom stereocenters. The highest BCUT2D eigenvalue weighted by molar-refractivity contribution is 7.10. The number of thiophene rings is 1. The number of Topliss-reactive ketones (excluding diaryl/α,β-unsaturated/α-hetero) is 1. The molecule has 0 saturated heterocycles. The molecule has 0 amide bonds. The van der Waals surface area contributed by atoms with Crippen molar-refractivity contribution >= 4 is 28.8 Å². The molecule has 10 heteroatoms. The van der Waals surface area contributed by atoms with Crippen LogP contribution in [0.2, 0.25) is 0 Å². The molecule has 1 aliphatic heterocycles. The molecule has 0 radical (unpaired) electrons. The van der Waals surface area contributed by atoms with Crippen LogP contribution < -0.4 is 24.8 Å². The maximum atomic E-state index is 13.5. The Morgan fingerprint density at radius 2 is 1.84 bits per heavy atom. The number of rotatable bonds is 5. The third-order valence-electron chi connectivity index (χ3n) is 5.83. The van der Waals surface area contributed by atoms with Crippen molar-refractivity contribution in [3.63, 3.8) is 0 Å². The Morgan fingerprint density at radius 3 is 2.56 bits per heavy atom. The van der Waals surface area contributed by atoms with Crippen LogP contribution in [0.5, 0.6) is 17.2 Å². The summed E-state index contributed by atoms with van der Waals surface area (Å²) in [6.45, 7) is 0. The maximum absolute atomic E-state index is 13.5. The monoisotopic (exact) mass is 454 g/mol. The largest absolute Gasteiger partial charge is 0.493 e. The van der Waals surface area contributed by atoms with Gasteiger partial charge in [-0.25, -0.2) is 4.63 Å². The zero-order valence-corrected chi connectivity index (χ0v) is 18.6. The molecule has 2 aromatic heterocycles. The number of carbonyl (C=O) groups is 1. The number of aromatic nitrogens is 2. The Bertz CT molecular complexity index is 1190. The fourth-order valence-electron chi connectivity index (χ4n) is 4.41. The number of fused-ring (bicyclic) bond motifs is 1. The van der Waals surface area contributed by atoms with Gasteiger partial charge in [0.15, 0.2) is 17.3 Å². The molecule has 9 nitrogen and oxygen atoms in total. The van der Waals surface area contributed by atoms with Gasteiger partial charge in [-0.1, -0.05) is 6.07 Å². The van der Waals surface area contributed by atoms with Gasteiger partial charge in [0.05, 0.1) is 27.4 Å². The lowest BCUT2D eigenvalue weighted by Crippen LogP contribution is -2.27. The van der Waals surface area contributed by atoms with Crippen molar-refractivity contribution in [2.45, 2.75) is 24.8 Å². The summed E-state index contributed by atoms with van der Waals surface area (Å²) in [4.78, 5) is 14.7. The first-order valence-electron chi connectivity index (χ1n) is 10.1. The van der Waals surface area contributed by atoms with Crippen molar-refractivity contribution in [3.8, 4) is 17.2 Å². The van der Waals surface area contributed by atoms with E-state index in [2.05, 4.69) is 27.0 Å². The molecule has 2 N–H and O–H groups in total. The van der Waals surface area contributed by atoms with Crippen LogP contribution >= 0.6 is 11.3 Å². The van der Waals surface area contributed by atoms with Crippen LogP contribution in [0.25, 0.3) is 0 Å². The molecule has 0 bridgehead atoms. The Labute approximate surface area is 188 Å². The van der Waals surface area contributed by atoms with E-state index in [1.807, 2.05) is 17.5 Å². The third kappa shape index (κ3) is 3.27. The number of hydrogen-bond donors (Lipinski definition) is 2. The number of nitrogens with zero attached hydrogens (tertiary/aromatic N) is 2. The lowest BCUT2D eigenvalue weighted by molar-refractivity contribution is -0.116. The van der Waals surface area contributed by atoms with E-state index in [0.717, 1.165) is 11.3 Å². The van der Waals surface area contributed by atoms with E-state index in [4.69, 9.17) is 18.8 Å². The zero-order valence-electron chi connectivity index (χ0n) is 17.8. The molecule has 166 valence electrons. The number of nitrogens with one attached hydrogen (secondary N) is 2. The molecule has 32 heavy (non-hydrogen) atoms. The Kier molecular flexibility index (Phi) is 5.22. The molecule has 2 aliphatic rings. The van der Waals surface area contributed by atoms with E-state index in [-0.39, 0.29) is 11.7 Å². The second kappa shape index (κ2) is 8.19. The second-order valence-corrected chi connectivity index (χ2v) is 8.50. The van der Waals surface area contributed by atoms with Gasteiger partial charge >= 0.3 is 0 Å². The minimum Gasteiger partial charge on any atom is -0.493 e. The molecule has 0 unspecified atom stereocenters. The molecule has 1 aromatic carbocycles. The van der Waals surface area contributed by atoms with Crippen LogP contribution in [0.15, 0.2) is 45.5 Å². The lowest BCUT2D eigenvalue weighted by atomic mass is 9.80. The van der Waals surface area contributed by atoms with Gasteiger partial charge < -0.3 is 24.8 Å². The lowest BCUT2D eigenvalue weighted by Gasteiger charge is -2.30. The van der Waals surface area contributed by atoms with Gasteiger partial charge in [0.25, 0.3) is 0 Å². The summed E-state index contributed by atoms with van der Waals surface area (Å²) in [6.07, 6.45) is 1.09. The van der Waals surface area contributed by atoms with Crippen LogP contribution in [0.1, 0.15) is 35.2 Å². The number of ketones is 1. The van der Waals surface area contributed by atoms with Gasteiger partial charge in [-0.15, -0.1) is 11.3 Å². The van der Waals surface area contributed by atoms with Gasteiger partial charge in [0.2, 0.25) is 17.4 Å². The molecular formula is C22H22N4O5S. The molecule has 0 fully saturated rings. The molecule has 0 saturated carbocycles. The number of ether oxygens (including phenoxy) is 3. The van der Waals surface area contributed by atoms with Crippen LogP contribution in [0.3, 0.4) is 0 Å². The number of allylic oxidation sites excluding steroid dienone is 1. The average molecular weight is 455 g/mol. The predicted octanol–water partition coefficient (Wildman–Crippen LogP) is 4.14. The standard InChI is InChI=1S/C22H22N4O5S/c1-28-15-7-6-12(19(29-2)20(15)30-3)18-17-13(23-21-22(24-18)26-31-25-21)9-11(10-14(17)27)16-5-4-8-32-16/h4-8,11,18H,9-10H2,1-3H3,(H,23,25)(H,24,26)/t11-,18-/m1/s1. The van der Waals surface area contributed by atoms with Crippen molar-refractivity contribution in [1.29, 1.82) is 0 Å². The molecule has 1 aliphatic carbocycles. The van der Waals surface area contributed by atoms with Crippen molar-refractivity contribution in [3.05, 3.63) is 51.4 Å². The van der Waals surface area contributed by atoms with Crippen molar-refractivity contribution in [2.75, 3.05) is 32.0 Å². The topological polar surface area (TPSA) is 108 Å². The number of anilines is 2. The third-order valence-corrected chi connectivity index (χ3v) is 6.86. The van der Waals surface area contributed by atoms with Crippen molar-refractivity contribution < 1.29 is 23.6 Å². The Hall–Kier alpha value is -3.53. The van der Waals surface area contributed by atoms with Gasteiger partial charge in [-0.2, -0.15) is 0 Å². The molecule has 3 heterocycles. The quantitative estimate of drug-likeness (QED) is 0.588. The zero-order chi connectivity index (χ0) is 22.2. The van der Waals surface area contributed by atoms with Crippen molar-refractivity contribution in [2.24, 2.45) is 0 Å². The van der Waals surface area contributed by atoms with Crippen LogP contribution in [-0.2, 0) is 4.79 Å². The first-order chi connectivity index (χ1) is 15.6. The van der Waals surface area contributed by atoms with Crippen LogP contribution in [0.4, 0.5) is 11.6 Å². The number of carbonyl (C=O) groups excluding carboxylic acids is 1. The van der Waals surface area contributed by atoms with Gasteiger partial charge in [-0.05, 0) is 40.3 Å². The molecule has 5 rings (SSSR count). The van der Waals surface area contributed by atoms with Crippen molar-refractivity contribution in [1.82, 2.24) is 10.3 Å². The van der Waals surface area contributed by atoms with Gasteiger partial charge in [0.1, 0.15) is 0 Å². The minimum absolute atomic E-state index is 0.0496. The number of hydrogen-bond acceptors (Lipinski definition) is 10. The number of methoxy groups -OCH3 is 3. The van der Waals surface area contributed by atoms with E-state index in [9.17, 15) is 4.79 Å². The summed E-state index contributed by atoms with van der Waals surface area (Å²) in [6, 6.07) is 7.19. The summed E-state index contributed by atoms with van der Waals surface area (Å²) in [5.41, 5.74) is 2.14. The first-order valence-corrected chi connectivity index (χ1v) is 11.0. The van der Waals surface area contributed by atoms with E-state index in [1.165, 1.54) is 4.88 Å². The summed E-state index contributed by atoms with van der Waals surface area (Å²) >= 11 is 1.66. The van der Waals surface area contributed by atoms with Gasteiger partial charge in [-0.3, -0.25) is 4.79 Å². The highest BCUT2D eigenvalue weighted by Gasteiger charge is 2.39. The summed E-state index contributed by atoms with van der Waals surface area (Å²) in [7, 11) is 4.67. The average Bonchev–Trinajstić information content (AvgIpc) is 3.47. The minimum atomic E-state index is -0.544. The van der Waals surface area contributed by atoms with E-state index < -0.39 is 6.04 Å². The summed E-state index contributed by atoms with van der Waals surface area (Å²) < 4.78 is 21.6. The summed E-state index contributed by atoms with van der Waals surface area (Å²) in [5.74, 6) is 2.47. The van der Waals surface area contributed by atoms with E-state index in [1.54, 1.807) is 38.7 Å². The smallest absolute Gasteiger partial charge is 0.219 e. The summed E-state index contributed by atoms with van der Waals surface area (Å²) in [5, 5.41) is 16.6. The Balaban J connectivity index is 1.66. The molecular weight excluding hydrogens is 432 g/mol. The van der Waals surface area contributed by atoms with E-state index in [0.29, 0.717) is 47.3 Å². The first kappa shape index (κ1) is 20.4. The molecule has 3 aromatic rings. The van der Waals surface area contributed by atoms with Crippen LogP contribution in [0, 0.1) is 0 Å². The van der Waals surface area contributed by atoms with Crippen LogP contribution in [-0.4, -0.2) is 37.4 Å². The van der Waals surface area contributed by atoms with Gasteiger partial charge in [0, 0.05) is 34.0 Å². The highest BCUT2D eigenvalue weighted by atomic mass is 32.1. The molecule has 0 spiro atoms. The normalized spacial score (nSPS) is 19.9. The van der Waals surface area contributed by atoms with E-state index >= 15 is 0 Å². The highest BCUT2D eigenvalue weighted by Crippen LogP contribution is 2.49. The fraction of sp³-hybridized carbons (Fsp3) is 0.318. The number of benzene rings is 1. The second-order valence-electron chi connectivity index (χ2n) is 7.52. The Morgan fingerprint density at radius 1 is 1.03 bits per heavy atom.